The third kappa shape index (κ3) is 3.71. The van der Waals surface area contributed by atoms with Crippen LogP contribution in [0.5, 0.6) is 0 Å². The van der Waals surface area contributed by atoms with Gasteiger partial charge in [0.2, 0.25) is 0 Å². The first-order valence-corrected chi connectivity index (χ1v) is 10.1. The molecule has 0 bridgehead atoms. The van der Waals surface area contributed by atoms with Crippen LogP contribution in [-0.4, -0.2) is 57.6 Å². The Kier molecular flexibility index (Phi) is 4.91. The molecule has 2 aliphatic rings. The second-order valence-corrected chi connectivity index (χ2v) is 8.87. The highest BCUT2D eigenvalue weighted by molar-refractivity contribution is 5.90. The van der Waals surface area contributed by atoms with Crippen molar-refractivity contribution >= 4 is 12.0 Å². The number of carbonyl (C=O) groups excluding carboxylic acids is 2. The molecule has 2 aromatic rings. The number of aromatic nitrogens is 2. The summed E-state index contributed by atoms with van der Waals surface area (Å²) in [6, 6.07) is 3.10. The third-order valence-electron chi connectivity index (χ3n) is 5.76. The second kappa shape index (κ2) is 7.30. The minimum Gasteiger partial charge on any atom is -0.619 e. The number of carbonyl (C=O) groups is 2. The van der Waals surface area contributed by atoms with Crippen molar-refractivity contribution < 1.29 is 23.5 Å². The quantitative estimate of drug-likeness (QED) is 0.552. The number of amides is 2. The number of pyridine rings is 1. The molecule has 30 heavy (non-hydrogen) atoms. The van der Waals surface area contributed by atoms with E-state index >= 15 is 0 Å². The maximum absolute atomic E-state index is 13.1. The molecule has 0 aliphatic carbocycles. The zero-order valence-corrected chi connectivity index (χ0v) is 17.6. The lowest BCUT2D eigenvalue weighted by Gasteiger charge is -2.28. The number of rotatable bonds is 2. The molecule has 2 aliphatic heterocycles. The minimum absolute atomic E-state index is 0.00729. The molecule has 160 valence electrons. The number of nitrogens with zero attached hydrogens (tertiary/aromatic N) is 4. The van der Waals surface area contributed by atoms with Crippen molar-refractivity contribution in [3.63, 3.8) is 0 Å². The van der Waals surface area contributed by atoms with E-state index in [1.54, 1.807) is 21.9 Å². The minimum atomic E-state index is -0.568. The summed E-state index contributed by atoms with van der Waals surface area (Å²) in [7, 11) is 0. The van der Waals surface area contributed by atoms with E-state index < -0.39 is 5.60 Å². The first kappa shape index (κ1) is 20.2. The highest BCUT2D eigenvalue weighted by Gasteiger charge is 2.50. The molecule has 0 radical (unpaired) electrons. The first-order chi connectivity index (χ1) is 14.1. The molecule has 4 rings (SSSR count). The molecule has 4 heterocycles. The van der Waals surface area contributed by atoms with Crippen LogP contribution in [0.15, 0.2) is 35.1 Å². The smallest absolute Gasteiger partial charge is 0.410 e. The first-order valence-electron chi connectivity index (χ1n) is 10.1. The summed E-state index contributed by atoms with van der Waals surface area (Å²) in [5, 5.41) is 11.2. The molecular weight excluding hydrogens is 388 g/mol. The number of hydrogen-bond donors (Lipinski definition) is 0. The molecule has 2 saturated heterocycles. The van der Waals surface area contributed by atoms with Crippen LogP contribution in [-0.2, 0) is 4.74 Å². The van der Waals surface area contributed by atoms with Gasteiger partial charge >= 0.3 is 12.0 Å². The van der Waals surface area contributed by atoms with Gasteiger partial charge in [0.1, 0.15) is 5.60 Å². The predicted molar refractivity (Wildman–Crippen MR) is 106 cm³/mol. The summed E-state index contributed by atoms with van der Waals surface area (Å²) in [4.78, 5) is 33.3. The Hall–Kier alpha value is -3.10. The Labute approximate surface area is 174 Å². The Morgan fingerprint density at radius 2 is 1.97 bits per heavy atom. The van der Waals surface area contributed by atoms with Crippen LogP contribution in [0.4, 0.5) is 4.79 Å². The van der Waals surface area contributed by atoms with E-state index in [-0.39, 0.29) is 35.9 Å². The third-order valence-corrected chi connectivity index (χ3v) is 5.76. The van der Waals surface area contributed by atoms with E-state index in [9.17, 15) is 14.8 Å². The molecule has 9 nitrogen and oxygen atoms in total. The summed E-state index contributed by atoms with van der Waals surface area (Å²) >= 11 is 0. The molecule has 0 N–H and O–H groups in total. The zero-order chi connectivity index (χ0) is 21.6. The van der Waals surface area contributed by atoms with Crippen molar-refractivity contribution in [2.75, 3.05) is 13.1 Å². The number of oxazole rings is 1. The average molecular weight is 414 g/mol. The van der Waals surface area contributed by atoms with Gasteiger partial charge in [-0.1, -0.05) is 0 Å². The van der Waals surface area contributed by atoms with E-state index in [1.807, 2.05) is 27.7 Å². The normalized spacial score (nSPS) is 23.5. The lowest BCUT2D eigenvalue weighted by molar-refractivity contribution is -0.605. The Balaban J connectivity index is 1.48. The van der Waals surface area contributed by atoms with Crippen LogP contribution in [0.3, 0.4) is 0 Å². The van der Waals surface area contributed by atoms with Gasteiger partial charge in [0.25, 0.3) is 5.89 Å². The van der Waals surface area contributed by atoms with Gasteiger partial charge < -0.3 is 24.2 Å². The molecule has 0 unspecified atom stereocenters. The fraction of sp³-hybridized carbons (Fsp3) is 0.524. The van der Waals surface area contributed by atoms with Gasteiger partial charge in [0.05, 0.1) is 12.2 Å². The summed E-state index contributed by atoms with van der Waals surface area (Å²) in [5.74, 6) is 0.331. The topological polar surface area (TPSA) is 103 Å². The highest BCUT2D eigenvalue weighted by Crippen LogP contribution is 2.38. The predicted octanol–water partition coefficient (Wildman–Crippen LogP) is 2.44. The number of likely N-dealkylation sites (tertiary alicyclic amines) is 2. The molecule has 0 spiro atoms. The summed E-state index contributed by atoms with van der Waals surface area (Å²) < 4.78 is 11.9. The van der Waals surface area contributed by atoms with Crippen LogP contribution in [0.2, 0.25) is 0 Å². The monoisotopic (exact) mass is 414 g/mol. The average Bonchev–Trinajstić information content (AvgIpc) is 3.37. The van der Waals surface area contributed by atoms with Gasteiger partial charge in [-0.2, -0.15) is 4.73 Å². The van der Waals surface area contributed by atoms with Crippen molar-refractivity contribution in [1.29, 1.82) is 0 Å². The van der Waals surface area contributed by atoms with Crippen LogP contribution in [0, 0.1) is 11.1 Å². The maximum atomic E-state index is 13.1. The molecule has 0 saturated carbocycles. The van der Waals surface area contributed by atoms with Crippen LogP contribution in [0.1, 0.15) is 44.8 Å². The van der Waals surface area contributed by atoms with E-state index in [4.69, 9.17) is 9.15 Å². The number of hydrogen-bond acceptors (Lipinski definition) is 6. The van der Waals surface area contributed by atoms with E-state index in [1.165, 1.54) is 18.6 Å². The molecule has 2 aromatic heterocycles. The van der Waals surface area contributed by atoms with E-state index in [0.29, 0.717) is 29.1 Å². The van der Waals surface area contributed by atoms with E-state index in [0.717, 1.165) is 6.42 Å². The van der Waals surface area contributed by atoms with Crippen LogP contribution < -0.4 is 4.73 Å². The SMILES string of the molecule is C[C@H]1[C@H]2CCN(C(=O)c3ncc(-c4cc[n+]([O-])cc4)o3)[C@H]2CN1C(=O)OC(C)(C)C. The molecule has 9 heteroatoms. The zero-order valence-electron chi connectivity index (χ0n) is 17.6. The summed E-state index contributed by atoms with van der Waals surface area (Å²) in [6.07, 6.45) is 4.66. The fourth-order valence-electron chi connectivity index (χ4n) is 4.29. The molecule has 3 atom stereocenters. The largest absolute Gasteiger partial charge is 0.619 e. The van der Waals surface area contributed by atoms with Gasteiger partial charge in [-0.25, -0.2) is 9.78 Å². The van der Waals surface area contributed by atoms with Gasteiger partial charge in [-0.3, -0.25) is 4.79 Å². The van der Waals surface area contributed by atoms with Crippen molar-refractivity contribution in [3.05, 3.63) is 41.8 Å². The van der Waals surface area contributed by atoms with Gasteiger partial charge in [0.15, 0.2) is 18.2 Å². The number of ether oxygens (including phenoxy) is 1. The Morgan fingerprint density at radius 1 is 1.27 bits per heavy atom. The van der Waals surface area contributed by atoms with Gasteiger partial charge in [-0.05, 0) is 34.1 Å². The van der Waals surface area contributed by atoms with Gasteiger partial charge in [-0.15, -0.1) is 0 Å². The van der Waals surface area contributed by atoms with Gasteiger partial charge in [0, 0.05) is 42.7 Å². The Bertz CT molecular complexity index is 949. The maximum Gasteiger partial charge on any atom is 0.410 e. The summed E-state index contributed by atoms with van der Waals surface area (Å²) in [6.45, 7) is 8.55. The molecular formula is C21H26N4O5. The lowest BCUT2D eigenvalue weighted by Crippen LogP contribution is -2.43. The van der Waals surface area contributed by atoms with Crippen molar-refractivity contribution in [1.82, 2.24) is 14.8 Å². The fourth-order valence-corrected chi connectivity index (χ4v) is 4.29. The molecule has 0 aromatic carbocycles. The van der Waals surface area contributed by atoms with E-state index in [2.05, 4.69) is 4.98 Å². The van der Waals surface area contributed by atoms with Crippen molar-refractivity contribution in [2.45, 2.75) is 51.8 Å². The van der Waals surface area contributed by atoms with Crippen LogP contribution in [0.25, 0.3) is 11.3 Å². The Morgan fingerprint density at radius 3 is 2.63 bits per heavy atom. The van der Waals surface area contributed by atoms with Crippen molar-refractivity contribution in [3.8, 4) is 11.3 Å². The van der Waals surface area contributed by atoms with Crippen molar-refractivity contribution in [2.24, 2.45) is 5.92 Å². The van der Waals surface area contributed by atoms with Crippen LogP contribution >= 0.6 is 0 Å². The lowest BCUT2D eigenvalue weighted by atomic mass is 9.98. The highest BCUT2D eigenvalue weighted by atomic mass is 16.6. The molecule has 2 fully saturated rings. The standard InChI is InChI=1S/C21H26N4O5/c1-13-15-7-10-24(16(15)12-25(13)20(27)30-21(2,3)4)19(26)18-22-11-17(29-18)14-5-8-23(28)9-6-14/h5-6,8-9,11,13,15-16H,7,10,12H2,1-4H3/t13-,15+,16-/m0/s1. The number of fused-ring (bicyclic) bond motifs is 1. The molecule has 2 amide bonds. The summed E-state index contributed by atoms with van der Waals surface area (Å²) in [5.41, 5.74) is 0.0972. The second-order valence-electron chi connectivity index (χ2n) is 8.87.